The normalized spacial score (nSPS) is 12.8. The first kappa shape index (κ1) is 11.0. The first-order valence-corrected chi connectivity index (χ1v) is 5.85. The van der Waals surface area contributed by atoms with Crippen LogP contribution in [0.5, 0.6) is 0 Å². The summed E-state index contributed by atoms with van der Waals surface area (Å²) in [5, 5.41) is 3.48. The molecule has 1 rings (SSSR count). The van der Waals surface area contributed by atoms with Crippen LogP contribution in [0.2, 0.25) is 0 Å². The van der Waals surface area contributed by atoms with Gasteiger partial charge < -0.3 is 5.32 Å². The predicted molar refractivity (Wildman–Crippen MR) is 65.9 cm³/mol. The summed E-state index contributed by atoms with van der Waals surface area (Å²) in [4.78, 5) is 0. The van der Waals surface area contributed by atoms with E-state index in [-0.39, 0.29) is 0 Å². The fraction of sp³-hybridized carbons (Fsp3) is 0.455. The summed E-state index contributed by atoms with van der Waals surface area (Å²) in [6, 6.07) is 9.08. The Labute approximate surface area is 94.1 Å². The minimum Gasteiger partial charge on any atom is -0.310 e. The summed E-state index contributed by atoms with van der Waals surface area (Å²) in [5.41, 5.74) is 1.42. The predicted octanol–water partition coefficient (Wildman–Crippen LogP) is 3.35. The minimum atomic E-state index is 0.512. The van der Waals surface area contributed by atoms with Gasteiger partial charge in [-0.15, -0.1) is 0 Å². The maximum atomic E-state index is 3.48. The highest BCUT2D eigenvalue weighted by molar-refractivity contribution is 14.1. The highest BCUT2D eigenvalue weighted by atomic mass is 127. The highest BCUT2D eigenvalue weighted by Gasteiger charge is 2.09. The molecule has 0 bridgehead atoms. The fourth-order valence-corrected chi connectivity index (χ4v) is 2.24. The van der Waals surface area contributed by atoms with Crippen LogP contribution in [0.1, 0.15) is 31.9 Å². The third kappa shape index (κ3) is 2.95. The SMILES string of the molecule is CCNC(CC)c1ccccc1I. The van der Waals surface area contributed by atoms with Gasteiger partial charge in [-0.3, -0.25) is 0 Å². The summed E-state index contributed by atoms with van der Waals surface area (Å²) >= 11 is 2.40. The number of nitrogens with one attached hydrogen (secondary N) is 1. The van der Waals surface area contributed by atoms with Crippen molar-refractivity contribution in [1.82, 2.24) is 5.32 Å². The Morgan fingerprint density at radius 3 is 2.54 bits per heavy atom. The molecule has 0 aliphatic rings. The lowest BCUT2D eigenvalue weighted by Crippen LogP contribution is -2.20. The molecular formula is C11H16IN. The van der Waals surface area contributed by atoms with E-state index in [1.807, 2.05) is 0 Å². The molecule has 1 aromatic carbocycles. The lowest BCUT2D eigenvalue weighted by Gasteiger charge is -2.17. The van der Waals surface area contributed by atoms with Crippen molar-refractivity contribution in [3.8, 4) is 0 Å². The van der Waals surface area contributed by atoms with Gasteiger partial charge in [0.2, 0.25) is 0 Å². The molecule has 72 valence electrons. The molecule has 1 aromatic rings. The van der Waals surface area contributed by atoms with E-state index in [1.165, 1.54) is 9.13 Å². The molecule has 13 heavy (non-hydrogen) atoms. The van der Waals surface area contributed by atoms with Crippen LogP contribution in [0.3, 0.4) is 0 Å². The van der Waals surface area contributed by atoms with Crippen molar-refractivity contribution in [2.24, 2.45) is 0 Å². The third-order valence-corrected chi connectivity index (χ3v) is 3.12. The zero-order chi connectivity index (χ0) is 9.68. The van der Waals surface area contributed by atoms with Crippen molar-refractivity contribution in [3.05, 3.63) is 33.4 Å². The lowest BCUT2D eigenvalue weighted by molar-refractivity contribution is 0.535. The van der Waals surface area contributed by atoms with E-state index in [9.17, 15) is 0 Å². The quantitative estimate of drug-likeness (QED) is 0.838. The van der Waals surface area contributed by atoms with Gasteiger partial charge in [-0.1, -0.05) is 32.0 Å². The van der Waals surface area contributed by atoms with Crippen molar-refractivity contribution >= 4 is 22.6 Å². The Hall–Kier alpha value is -0.0900. The largest absolute Gasteiger partial charge is 0.310 e. The van der Waals surface area contributed by atoms with Gasteiger partial charge in [0.25, 0.3) is 0 Å². The molecule has 0 heterocycles. The Kier molecular flexibility index (Phi) is 4.73. The summed E-state index contributed by atoms with van der Waals surface area (Å²) < 4.78 is 1.35. The van der Waals surface area contributed by atoms with Crippen molar-refractivity contribution in [2.75, 3.05) is 6.54 Å². The maximum absolute atomic E-state index is 3.48. The zero-order valence-corrected chi connectivity index (χ0v) is 10.3. The molecule has 0 fully saturated rings. The molecule has 0 saturated carbocycles. The Balaban J connectivity index is 2.84. The van der Waals surface area contributed by atoms with Crippen LogP contribution < -0.4 is 5.32 Å². The van der Waals surface area contributed by atoms with Crippen LogP contribution in [0.4, 0.5) is 0 Å². The van der Waals surface area contributed by atoms with E-state index in [0.29, 0.717) is 6.04 Å². The van der Waals surface area contributed by atoms with Crippen LogP contribution in [-0.4, -0.2) is 6.54 Å². The third-order valence-electron chi connectivity index (χ3n) is 2.14. The number of hydrogen-bond acceptors (Lipinski definition) is 1. The van der Waals surface area contributed by atoms with Gasteiger partial charge in [0.1, 0.15) is 0 Å². The van der Waals surface area contributed by atoms with Crippen LogP contribution in [0.25, 0.3) is 0 Å². The van der Waals surface area contributed by atoms with Crippen molar-refractivity contribution in [2.45, 2.75) is 26.3 Å². The van der Waals surface area contributed by atoms with E-state index in [2.05, 4.69) is 66.0 Å². The van der Waals surface area contributed by atoms with E-state index in [4.69, 9.17) is 0 Å². The first-order chi connectivity index (χ1) is 6.29. The van der Waals surface area contributed by atoms with Gasteiger partial charge in [-0.05, 0) is 47.2 Å². The smallest absolute Gasteiger partial charge is 0.0327 e. The summed E-state index contributed by atoms with van der Waals surface area (Å²) in [6.45, 7) is 5.40. The molecule has 0 aliphatic carbocycles. The molecule has 0 amide bonds. The second kappa shape index (κ2) is 5.60. The van der Waals surface area contributed by atoms with Crippen LogP contribution in [0, 0.1) is 3.57 Å². The molecule has 0 aliphatic heterocycles. The first-order valence-electron chi connectivity index (χ1n) is 4.77. The van der Waals surface area contributed by atoms with Gasteiger partial charge in [0.05, 0.1) is 0 Å². The van der Waals surface area contributed by atoms with Gasteiger partial charge in [0, 0.05) is 9.61 Å². The molecular weight excluding hydrogens is 273 g/mol. The number of benzene rings is 1. The molecule has 1 N–H and O–H groups in total. The molecule has 2 heteroatoms. The topological polar surface area (TPSA) is 12.0 Å². The molecule has 0 radical (unpaired) electrons. The minimum absolute atomic E-state index is 0.512. The van der Waals surface area contributed by atoms with E-state index < -0.39 is 0 Å². The molecule has 1 nitrogen and oxygen atoms in total. The van der Waals surface area contributed by atoms with Gasteiger partial charge in [-0.2, -0.15) is 0 Å². The zero-order valence-electron chi connectivity index (χ0n) is 8.18. The Bertz CT molecular complexity index is 260. The van der Waals surface area contributed by atoms with E-state index >= 15 is 0 Å². The Morgan fingerprint density at radius 1 is 1.31 bits per heavy atom. The Morgan fingerprint density at radius 2 is 2.00 bits per heavy atom. The molecule has 1 unspecified atom stereocenters. The van der Waals surface area contributed by atoms with Gasteiger partial charge in [0.15, 0.2) is 0 Å². The summed E-state index contributed by atoms with van der Waals surface area (Å²) in [5.74, 6) is 0. The number of hydrogen-bond donors (Lipinski definition) is 1. The fourth-order valence-electron chi connectivity index (χ4n) is 1.48. The van der Waals surface area contributed by atoms with Gasteiger partial charge in [-0.25, -0.2) is 0 Å². The number of rotatable bonds is 4. The highest BCUT2D eigenvalue weighted by Crippen LogP contribution is 2.21. The van der Waals surface area contributed by atoms with Crippen LogP contribution in [-0.2, 0) is 0 Å². The van der Waals surface area contributed by atoms with Crippen LogP contribution >= 0.6 is 22.6 Å². The van der Waals surface area contributed by atoms with Crippen molar-refractivity contribution in [1.29, 1.82) is 0 Å². The van der Waals surface area contributed by atoms with Crippen LogP contribution in [0.15, 0.2) is 24.3 Å². The lowest BCUT2D eigenvalue weighted by atomic mass is 10.1. The molecule has 0 saturated heterocycles. The van der Waals surface area contributed by atoms with Gasteiger partial charge >= 0.3 is 0 Å². The van der Waals surface area contributed by atoms with Crippen molar-refractivity contribution in [3.63, 3.8) is 0 Å². The summed E-state index contributed by atoms with van der Waals surface area (Å²) in [6.07, 6.45) is 1.15. The summed E-state index contributed by atoms with van der Waals surface area (Å²) in [7, 11) is 0. The van der Waals surface area contributed by atoms with E-state index in [1.54, 1.807) is 0 Å². The van der Waals surface area contributed by atoms with Crippen molar-refractivity contribution < 1.29 is 0 Å². The number of halogens is 1. The second-order valence-electron chi connectivity index (χ2n) is 3.04. The molecule has 0 spiro atoms. The standard InChI is InChI=1S/C11H16IN/c1-3-11(13-4-2)9-7-5-6-8-10(9)12/h5-8,11,13H,3-4H2,1-2H3. The van der Waals surface area contributed by atoms with E-state index in [0.717, 1.165) is 13.0 Å². The monoisotopic (exact) mass is 289 g/mol. The average molecular weight is 289 g/mol. The molecule has 0 aromatic heterocycles. The maximum Gasteiger partial charge on any atom is 0.0327 e. The molecule has 1 atom stereocenters. The average Bonchev–Trinajstić information content (AvgIpc) is 2.16. The second-order valence-corrected chi connectivity index (χ2v) is 4.20.